The highest BCUT2D eigenvalue weighted by Crippen LogP contribution is 2.35. The van der Waals surface area contributed by atoms with Gasteiger partial charge in [0.05, 0.1) is 24.1 Å². The van der Waals surface area contributed by atoms with Crippen molar-refractivity contribution in [2.45, 2.75) is 36.4 Å². The highest BCUT2D eigenvalue weighted by atomic mass is 32.2. The average molecular weight is 553 g/mol. The van der Waals surface area contributed by atoms with Gasteiger partial charge < -0.3 is 10.1 Å². The minimum Gasteiger partial charge on any atom is -0.365 e. The molecule has 2 N–H and O–H groups in total. The zero-order chi connectivity index (χ0) is 27.2. The van der Waals surface area contributed by atoms with Crippen LogP contribution in [0.2, 0.25) is 0 Å². The van der Waals surface area contributed by atoms with Gasteiger partial charge in [-0.15, -0.1) is 11.8 Å². The van der Waals surface area contributed by atoms with E-state index < -0.39 is 5.60 Å². The minimum absolute atomic E-state index is 0.0512. The normalized spacial score (nSPS) is 22.5. The molecule has 1 aromatic heterocycles. The zero-order valence-corrected chi connectivity index (χ0v) is 22.8. The van der Waals surface area contributed by atoms with Crippen LogP contribution in [0.3, 0.4) is 0 Å². The third-order valence-corrected chi connectivity index (χ3v) is 8.85. The van der Waals surface area contributed by atoms with Crippen LogP contribution in [0.1, 0.15) is 35.4 Å². The number of benzene rings is 2. The van der Waals surface area contributed by atoms with E-state index in [0.29, 0.717) is 25.4 Å². The molecule has 0 bridgehead atoms. The van der Waals surface area contributed by atoms with Crippen LogP contribution in [0.25, 0.3) is 0 Å². The third-order valence-electron chi connectivity index (χ3n) is 7.58. The standard InChI is InChI=1S/C30H34F2N4O2S/c1-30(22-5-9-24(31)10-6-22,23-7-11-25(32)12-8-23)38-17-16-36-15-3-14-34-19-27(36)28(37)26-20-39-29(35-26)21-4-2-13-33-18-21/h2,4-13,18,26-27,29,34-35H,3,14-17,19-20H2,1H3. The molecule has 206 valence electrons. The number of ether oxygens (including phenoxy) is 1. The van der Waals surface area contributed by atoms with Crippen LogP contribution in [-0.2, 0) is 15.1 Å². The maximum Gasteiger partial charge on any atom is 0.168 e. The Kier molecular flexibility index (Phi) is 9.04. The van der Waals surface area contributed by atoms with Gasteiger partial charge in [-0.2, -0.15) is 0 Å². The summed E-state index contributed by atoms with van der Waals surface area (Å²) in [5.74, 6) is 0.237. The molecule has 0 amide bonds. The summed E-state index contributed by atoms with van der Waals surface area (Å²) >= 11 is 1.73. The largest absolute Gasteiger partial charge is 0.365 e. The number of hydrogen-bond acceptors (Lipinski definition) is 7. The number of Topliss-reactive ketones (excluding diaryl/α,β-unsaturated/α-hetero) is 1. The van der Waals surface area contributed by atoms with Gasteiger partial charge in [-0.1, -0.05) is 30.3 Å². The van der Waals surface area contributed by atoms with Crippen molar-refractivity contribution in [1.82, 2.24) is 20.5 Å². The van der Waals surface area contributed by atoms with Crippen molar-refractivity contribution in [3.8, 4) is 0 Å². The molecule has 0 saturated carbocycles. The van der Waals surface area contributed by atoms with Gasteiger partial charge in [-0.3, -0.25) is 20.0 Å². The number of rotatable bonds is 9. The Morgan fingerprint density at radius 3 is 2.44 bits per heavy atom. The minimum atomic E-state index is -0.911. The fourth-order valence-electron chi connectivity index (χ4n) is 5.31. The van der Waals surface area contributed by atoms with Crippen molar-refractivity contribution in [2.75, 3.05) is 38.5 Å². The van der Waals surface area contributed by atoms with E-state index >= 15 is 0 Å². The van der Waals surface area contributed by atoms with Crippen LogP contribution < -0.4 is 10.6 Å². The van der Waals surface area contributed by atoms with Crippen LogP contribution in [0.4, 0.5) is 8.78 Å². The number of nitrogens with zero attached hydrogens (tertiary/aromatic N) is 2. The van der Waals surface area contributed by atoms with E-state index in [4.69, 9.17) is 4.74 Å². The SMILES string of the molecule is CC(OCCN1CCCNCC1C(=O)C1CSC(c2cccnc2)N1)(c1ccc(F)cc1)c1ccc(F)cc1. The number of ketones is 1. The molecule has 3 heterocycles. The van der Waals surface area contributed by atoms with Crippen LogP contribution in [0, 0.1) is 11.6 Å². The van der Waals surface area contributed by atoms with Crippen LogP contribution >= 0.6 is 11.8 Å². The Morgan fingerprint density at radius 2 is 1.79 bits per heavy atom. The van der Waals surface area contributed by atoms with Gasteiger partial charge in [0.2, 0.25) is 0 Å². The van der Waals surface area contributed by atoms with Gasteiger partial charge in [0, 0.05) is 37.8 Å². The fraction of sp³-hybridized carbons (Fsp3) is 0.400. The summed E-state index contributed by atoms with van der Waals surface area (Å²) in [5, 5.41) is 6.98. The fourth-order valence-corrected chi connectivity index (χ4v) is 6.54. The van der Waals surface area contributed by atoms with Crippen molar-refractivity contribution in [3.05, 3.63) is 101 Å². The van der Waals surface area contributed by atoms with Gasteiger partial charge in [-0.25, -0.2) is 8.78 Å². The number of carbonyl (C=O) groups excluding carboxylic acids is 1. The van der Waals surface area contributed by atoms with E-state index in [1.807, 2.05) is 25.3 Å². The molecule has 2 fully saturated rings. The lowest BCUT2D eigenvalue weighted by Crippen LogP contribution is -2.53. The Hall–Kier alpha value is -2.69. The average Bonchev–Trinajstić information content (AvgIpc) is 3.34. The Morgan fingerprint density at radius 1 is 1.10 bits per heavy atom. The summed E-state index contributed by atoms with van der Waals surface area (Å²) < 4.78 is 33.9. The lowest BCUT2D eigenvalue weighted by Gasteiger charge is -2.34. The van der Waals surface area contributed by atoms with Gasteiger partial charge in [-0.05, 0) is 66.9 Å². The third kappa shape index (κ3) is 6.56. The molecule has 2 aromatic carbocycles. The van der Waals surface area contributed by atoms with Crippen molar-refractivity contribution in [3.63, 3.8) is 0 Å². The maximum atomic E-state index is 13.7. The molecular formula is C30H34F2N4O2S. The van der Waals surface area contributed by atoms with Crippen molar-refractivity contribution >= 4 is 17.5 Å². The quantitative estimate of drug-likeness (QED) is 0.411. The number of nitrogens with one attached hydrogen (secondary N) is 2. The Balaban J connectivity index is 1.28. The van der Waals surface area contributed by atoms with Crippen molar-refractivity contribution in [2.24, 2.45) is 0 Å². The molecule has 6 nitrogen and oxygen atoms in total. The first-order valence-electron chi connectivity index (χ1n) is 13.4. The van der Waals surface area contributed by atoms with E-state index in [2.05, 4.69) is 20.5 Å². The number of thioether (sulfide) groups is 1. The van der Waals surface area contributed by atoms with Crippen LogP contribution in [0.5, 0.6) is 0 Å². The molecule has 3 atom stereocenters. The number of pyridine rings is 1. The van der Waals surface area contributed by atoms with Crippen molar-refractivity contribution < 1.29 is 18.3 Å². The first-order chi connectivity index (χ1) is 18.9. The first-order valence-corrected chi connectivity index (χ1v) is 14.4. The molecule has 0 aliphatic carbocycles. The number of halogens is 2. The molecule has 3 aromatic rings. The predicted molar refractivity (Wildman–Crippen MR) is 149 cm³/mol. The molecule has 0 radical (unpaired) electrons. The summed E-state index contributed by atoms with van der Waals surface area (Å²) in [4.78, 5) is 20.1. The van der Waals surface area contributed by atoms with E-state index in [0.717, 1.165) is 36.2 Å². The highest BCUT2D eigenvalue weighted by Gasteiger charge is 2.38. The van der Waals surface area contributed by atoms with E-state index in [9.17, 15) is 13.6 Å². The number of carbonyl (C=O) groups is 1. The monoisotopic (exact) mass is 552 g/mol. The molecule has 9 heteroatoms. The van der Waals surface area contributed by atoms with Crippen molar-refractivity contribution in [1.29, 1.82) is 0 Å². The molecule has 0 spiro atoms. The molecule has 5 rings (SSSR count). The van der Waals surface area contributed by atoms with Crippen LogP contribution in [0.15, 0.2) is 73.1 Å². The molecule has 3 unspecified atom stereocenters. The smallest absolute Gasteiger partial charge is 0.168 e. The number of hydrogen-bond donors (Lipinski definition) is 2. The second-order valence-corrected chi connectivity index (χ2v) is 11.3. The predicted octanol–water partition coefficient (Wildman–Crippen LogP) is 4.28. The first kappa shape index (κ1) is 27.9. The van der Waals surface area contributed by atoms with E-state index in [-0.39, 0.29) is 34.9 Å². The lowest BCUT2D eigenvalue weighted by molar-refractivity contribution is -0.126. The molecule has 2 saturated heterocycles. The molecule has 2 aliphatic rings. The van der Waals surface area contributed by atoms with Gasteiger partial charge in [0.25, 0.3) is 0 Å². The molecule has 39 heavy (non-hydrogen) atoms. The summed E-state index contributed by atoms with van der Waals surface area (Å²) in [6.45, 7) is 5.05. The summed E-state index contributed by atoms with van der Waals surface area (Å²) in [5.41, 5.74) is 1.71. The van der Waals surface area contributed by atoms with E-state index in [1.165, 1.54) is 24.3 Å². The number of aromatic nitrogens is 1. The van der Waals surface area contributed by atoms with Gasteiger partial charge in [0.15, 0.2) is 5.78 Å². The maximum absolute atomic E-state index is 13.7. The van der Waals surface area contributed by atoms with Crippen LogP contribution in [-0.4, -0.2) is 66.3 Å². The summed E-state index contributed by atoms with van der Waals surface area (Å²) in [7, 11) is 0. The summed E-state index contributed by atoms with van der Waals surface area (Å²) in [6, 6.07) is 15.8. The topological polar surface area (TPSA) is 66.5 Å². The Labute approximate surface area is 232 Å². The molecule has 2 aliphatic heterocycles. The summed E-state index contributed by atoms with van der Waals surface area (Å²) in [6.07, 6.45) is 4.52. The zero-order valence-electron chi connectivity index (χ0n) is 22.0. The van der Waals surface area contributed by atoms with Gasteiger partial charge >= 0.3 is 0 Å². The second-order valence-electron chi connectivity index (χ2n) is 10.1. The lowest BCUT2D eigenvalue weighted by atomic mass is 9.88. The Bertz CT molecular complexity index is 1180. The van der Waals surface area contributed by atoms with Gasteiger partial charge in [0.1, 0.15) is 17.2 Å². The molecular weight excluding hydrogens is 518 g/mol. The van der Waals surface area contributed by atoms with E-state index in [1.54, 1.807) is 42.2 Å². The highest BCUT2D eigenvalue weighted by molar-refractivity contribution is 7.99. The second kappa shape index (κ2) is 12.7.